The summed E-state index contributed by atoms with van der Waals surface area (Å²) in [6, 6.07) is 6.53. The molecule has 0 aliphatic heterocycles. The summed E-state index contributed by atoms with van der Waals surface area (Å²) in [4.78, 5) is 33.1. The third-order valence-corrected chi connectivity index (χ3v) is 6.94. The molecule has 2 aromatic heterocycles. The first-order valence-electron chi connectivity index (χ1n) is 10.3. The molecule has 0 atom stereocenters. The maximum absolute atomic E-state index is 13.3. The topological polar surface area (TPSA) is 55.2 Å². The molecule has 0 unspecified atom stereocenters. The minimum Gasteiger partial charge on any atom is -0.341 e. The van der Waals surface area contributed by atoms with Crippen LogP contribution in [-0.2, 0) is 11.3 Å². The normalized spacial score (nSPS) is 15.0. The molecule has 5 nitrogen and oxygen atoms in total. The highest BCUT2D eigenvalue weighted by Gasteiger charge is 2.23. The Bertz CT molecular complexity index is 1110. The van der Waals surface area contributed by atoms with Gasteiger partial charge in [-0.15, -0.1) is 11.3 Å². The lowest BCUT2D eigenvalue weighted by Crippen LogP contribution is -2.41. The van der Waals surface area contributed by atoms with Crippen molar-refractivity contribution >= 4 is 27.5 Å². The zero-order chi connectivity index (χ0) is 20.5. The van der Waals surface area contributed by atoms with Crippen LogP contribution in [0.3, 0.4) is 0 Å². The highest BCUT2D eigenvalue weighted by Crippen LogP contribution is 2.33. The van der Waals surface area contributed by atoms with Gasteiger partial charge in [-0.05, 0) is 37.8 Å². The lowest BCUT2D eigenvalue weighted by Gasteiger charge is -2.31. The van der Waals surface area contributed by atoms with Crippen LogP contribution in [0, 0.1) is 13.8 Å². The first kappa shape index (κ1) is 19.8. The Kier molecular flexibility index (Phi) is 5.54. The van der Waals surface area contributed by atoms with Crippen LogP contribution in [0.5, 0.6) is 0 Å². The van der Waals surface area contributed by atoms with Gasteiger partial charge in [0, 0.05) is 24.0 Å². The Balaban J connectivity index is 1.67. The number of likely N-dealkylation sites (N-methyl/N-ethyl adjacent to an activating group) is 1. The quantitative estimate of drug-likeness (QED) is 0.636. The summed E-state index contributed by atoms with van der Waals surface area (Å²) in [5.41, 5.74) is 4.13. The molecule has 4 rings (SSSR count). The average Bonchev–Trinajstić information content (AvgIpc) is 3.14. The lowest BCUT2D eigenvalue weighted by molar-refractivity contribution is -0.133. The number of amides is 1. The number of rotatable bonds is 4. The Labute approximate surface area is 175 Å². The van der Waals surface area contributed by atoms with Gasteiger partial charge in [0.15, 0.2) is 0 Å². The number of hydrogen-bond acceptors (Lipinski definition) is 4. The van der Waals surface area contributed by atoms with Crippen LogP contribution in [0.25, 0.3) is 21.3 Å². The van der Waals surface area contributed by atoms with Crippen molar-refractivity contribution in [3.63, 3.8) is 0 Å². The highest BCUT2D eigenvalue weighted by atomic mass is 32.1. The first-order valence-corrected chi connectivity index (χ1v) is 11.1. The first-order chi connectivity index (χ1) is 14.0. The van der Waals surface area contributed by atoms with Gasteiger partial charge in [0.2, 0.25) is 5.91 Å². The summed E-state index contributed by atoms with van der Waals surface area (Å²) in [6.45, 7) is 4.16. The number of carbonyl (C=O) groups excluding carboxylic acids is 1. The minimum absolute atomic E-state index is 0.0246. The summed E-state index contributed by atoms with van der Waals surface area (Å²) < 4.78 is 1.46. The third-order valence-electron chi connectivity index (χ3n) is 6.05. The van der Waals surface area contributed by atoms with E-state index in [2.05, 4.69) is 37.0 Å². The van der Waals surface area contributed by atoms with E-state index >= 15 is 0 Å². The van der Waals surface area contributed by atoms with E-state index in [4.69, 9.17) is 0 Å². The molecule has 152 valence electrons. The summed E-state index contributed by atoms with van der Waals surface area (Å²) in [7, 11) is 1.86. The van der Waals surface area contributed by atoms with Crippen molar-refractivity contribution in [3.05, 3.63) is 51.4 Å². The van der Waals surface area contributed by atoms with Gasteiger partial charge in [-0.3, -0.25) is 14.2 Å². The fourth-order valence-corrected chi connectivity index (χ4v) is 5.22. The molecule has 1 fully saturated rings. The van der Waals surface area contributed by atoms with E-state index in [1.165, 1.54) is 47.1 Å². The van der Waals surface area contributed by atoms with Crippen molar-refractivity contribution in [1.82, 2.24) is 14.5 Å². The van der Waals surface area contributed by atoms with Gasteiger partial charge >= 0.3 is 0 Å². The molecule has 6 heteroatoms. The highest BCUT2D eigenvalue weighted by molar-refractivity contribution is 7.17. The molecule has 0 spiro atoms. The van der Waals surface area contributed by atoms with Gasteiger partial charge in [0.05, 0.1) is 11.7 Å². The summed E-state index contributed by atoms with van der Waals surface area (Å²) in [6.07, 6.45) is 7.21. The van der Waals surface area contributed by atoms with Crippen molar-refractivity contribution in [3.8, 4) is 11.1 Å². The SMILES string of the molecule is Cc1ccc(-c2csc3ncn(CC(=O)N(C)C4CCCCC4)c(=O)c23)c(C)c1. The maximum Gasteiger partial charge on any atom is 0.263 e. The fourth-order valence-electron chi connectivity index (χ4n) is 4.32. The van der Waals surface area contributed by atoms with Crippen LogP contribution >= 0.6 is 11.3 Å². The molecule has 29 heavy (non-hydrogen) atoms. The molecule has 0 saturated heterocycles. The predicted octanol–water partition coefficient (Wildman–Crippen LogP) is 4.53. The fraction of sp³-hybridized carbons (Fsp3) is 0.435. The number of thiophene rings is 1. The van der Waals surface area contributed by atoms with E-state index < -0.39 is 0 Å². The van der Waals surface area contributed by atoms with Gasteiger partial charge in [-0.1, -0.05) is 43.0 Å². The van der Waals surface area contributed by atoms with Gasteiger partial charge in [-0.25, -0.2) is 4.98 Å². The van der Waals surface area contributed by atoms with Crippen LogP contribution in [-0.4, -0.2) is 33.4 Å². The van der Waals surface area contributed by atoms with Crippen molar-refractivity contribution in [2.75, 3.05) is 7.05 Å². The maximum atomic E-state index is 13.3. The average molecular weight is 410 g/mol. The lowest BCUT2D eigenvalue weighted by atomic mass is 9.94. The Morgan fingerprint density at radius 3 is 2.69 bits per heavy atom. The Morgan fingerprint density at radius 1 is 1.21 bits per heavy atom. The van der Waals surface area contributed by atoms with E-state index in [-0.39, 0.29) is 24.1 Å². The largest absolute Gasteiger partial charge is 0.341 e. The molecule has 0 radical (unpaired) electrons. The predicted molar refractivity (Wildman–Crippen MR) is 118 cm³/mol. The number of nitrogens with zero attached hydrogens (tertiary/aromatic N) is 3. The summed E-state index contributed by atoms with van der Waals surface area (Å²) in [5.74, 6) is -0.0246. The van der Waals surface area contributed by atoms with Crippen molar-refractivity contribution in [2.45, 2.75) is 58.5 Å². The van der Waals surface area contributed by atoms with E-state index in [0.29, 0.717) is 10.2 Å². The van der Waals surface area contributed by atoms with Crippen LogP contribution < -0.4 is 5.56 Å². The Morgan fingerprint density at radius 2 is 1.97 bits per heavy atom. The molecule has 1 saturated carbocycles. The zero-order valence-corrected chi connectivity index (χ0v) is 18.1. The Hall–Kier alpha value is -2.47. The van der Waals surface area contributed by atoms with Crippen molar-refractivity contribution in [1.29, 1.82) is 0 Å². The van der Waals surface area contributed by atoms with Crippen molar-refractivity contribution in [2.24, 2.45) is 0 Å². The molecule has 0 bridgehead atoms. The second kappa shape index (κ2) is 8.11. The molecule has 1 aliphatic rings. The van der Waals surface area contributed by atoms with E-state index in [1.807, 2.05) is 17.3 Å². The van der Waals surface area contributed by atoms with Crippen LogP contribution in [0.2, 0.25) is 0 Å². The molecule has 2 heterocycles. The zero-order valence-electron chi connectivity index (χ0n) is 17.3. The standard InChI is InChI=1S/C23H27N3O2S/c1-15-9-10-18(16(2)11-15)19-13-29-22-21(19)23(28)26(14-24-22)12-20(27)25(3)17-7-5-4-6-8-17/h9-11,13-14,17H,4-8,12H2,1-3H3. The van der Waals surface area contributed by atoms with E-state index in [1.54, 1.807) is 0 Å². The number of hydrogen-bond donors (Lipinski definition) is 0. The number of benzene rings is 1. The number of fused-ring (bicyclic) bond motifs is 1. The molecule has 1 aromatic carbocycles. The third kappa shape index (κ3) is 3.86. The van der Waals surface area contributed by atoms with E-state index in [9.17, 15) is 9.59 Å². The number of carbonyl (C=O) groups is 1. The number of aromatic nitrogens is 2. The molecular weight excluding hydrogens is 382 g/mol. The van der Waals surface area contributed by atoms with Crippen LogP contribution in [0.4, 0.5) is 0 Å². The molecular formula is C23H27N3O2S. The van der Waals surface area contributed by atoms with Gasteiger partial charge in [-0.2, -0.15) is 0 Å². The second-order valence-electron chi connectivity index (χ2n) is 8.12. The van der Waals surface area contributed by atoms with Gasteiger partial charge < -0.3 is 4.90 Å². The molecule has 3 aromatic rings. The monoisotopic (exact) mass is 409 g/mol. The molecule has 1 aliphatic carbocycles. The van der Waals surface area contributed by atoms with Gasteiger partial charge in [0.1, 0.15) is 11.4 Å². The van der Waals surface area contributed by atoms with Gasteiger partial charge in [0.25, 0.3) is 5.56 Å². The van der Waals surface area contributed by atoms with Crippen LogP contribution in [0.15, 0.2) is 34.7 Å². The van der Waals surface area contributed by atoms with E-state index in [0.717, 1.165) is 29.5 Å². The number of aryl methyl sites for hydroxylation is 2. The van der Waals surface area contributed by atoms with Crippen LogP contribution in [0.1, 0.15) is 43.2 Å². The molecule has 0 N–H and O–H groups in total. The molecule has 1 amide bonds. The second-order valence-corrected chi connectivity index (χ2v) is 8.98. The van der Waals surface area contributed by atoms with Crippen molar-refractivity contribution < 1.29 is 4.79 Å². The minimum atomic E-state index is -0.142. The summed E-state index contributed by atoms with van der Waals surface area (Å²) >= 11 is 1.47. The smallest absolute Gasteiger partial charge is 0.263 e. The summed E-state index contributed by atoms with van der Waals surface area (Å²) in [5, 5.41) is 2.61.